The minimum absolute atomic E-state index is 0.328. The first-order valence-electron chi connectivity index (χ1n) is 6.44. The molecular weight excluding hydrogens is 338 g/mol. The average molecular weight is 356 g/mol. The van der Waals surface area contributed by atoms with Crippen molar-refractivity contribution >= 4 is 33.0 Å². The van der Waals surface area contributed by atoms with E-state index in [0.717, 1.165) is 10.2 Å². The van der Waals surface area contributed by atoms with Gasteiger partial charge in [0.2, 0.25) is 0 Å². The van der Waals surface area contributed by atoms with Gasteiger partial charge in [-0.2, -0.15) is 0 Å². The Balaban J connectivity index is 1.72. The molecule has 1 unspecified atom stereocenters. The van der Waals surface area contributed by atoms with Crippen LogP contribution in [0, 0.1) is 6.92 Å². The molecule has 0 spiro atoms. The standard InChI is InChI=1S/C15H18BrNO2S/c1-11-4-2-6-14(15(11)16)17-8-12(18)9-19-10-13-5-3-7-20-13/h2-7,12,17-18H,8-10H2,1H3. The molecule has 1 aromatic heterocycles. The number of aliphatic hydroxyl groups is 1. The monoisotopic (exact) mass is 355 g/mol. The molecule has 3 nitrogen and oxygen atoms in total. The Bertz CT molecular complexity index is 531. The zero-order valence-electron chi connectivity index (χ0n) is 11.3. The fourth-order valence-corrected chi connectivity index (χ4v) is 2.81. The minimum atomic E-state index is -0.526. The molecule has 1 atom stereocenters. The molecule has 1 heterocycles. The van der Waals surface area contributed by atoms with Crippen LogP contribution in [0.5, 0.6) is 0 Å². The molecule has 0 aliphatic rings. The first kappa shape index (κ1) is 15.5. The Kier molecular flexibility index (Phi) is 6.04. The number of benzene rings is 1. The second-order valence-electron chi connectivity index (χ2n) is 4.57. The third-order valence-corrected chi connectivity index (χ3v) is 4.76. The van der Waals surface area contributed by atoms with Crippen molar-refractivity contribution in [3.05, 3.63) is 50.6 Å². The van der Waals surface area contributed by atoms with Crippen molar-refractivity contribution in [2.24, 2.45) is 0 Å². The minimum Gasteiger partial charge on any atom is -0.389 e. The van der Waals surface area contributed by atoms with E-state index < -0.39 is 6.10 Å². The lowest BCUT2D eigenvalue weighted by Gasteiger charge is -2.14. The lowest BCUT2D eigenvalue weighted by molar-refractivity contribution is 0.0359. The van der Waals surface area contributed by atoms with Crippen LogP contribution < -0.4 is 5.32 Å². The van der Waals surface area contributed by atoms with E-state index in [4.69, 9.17) is 4.74 Å². The zero-order chi connectivity index (χ0) is 14.4. The Labute approximate surface area is 131 Å². The van der Waals surface area contributed by atoms with E-state index in [9.17, 15) is 5.11 Å². The molecule has 0 fully saturated rings. The fraction of sp³-hybridized carbons (Fsp3) is 0.333. The summed E-state index contributed by atoms with van der Waals surface area (Å²) in [5, 5.41) is 15.1. The van der Waals surface area contributed by atoms with Crippen LogP contribution in [0.3, 0.4) is 0 Å². The van der Waals surface area contributed by atoms with Crippen molar-refractivity contribution in [2.75, 3.05) is 18.5 Å². The van der Waals surface area contributed by atoms with Gasteiger partial charge in [0.15, 0.2) is 0 Å². The number of rotatable bonds is 7. The van der Waals surface area contributed by atoms with Crippen molar-refractivity contribution in [3.63, 3.8) is 0 Å². The number of hydrogen-bond donors (Lipinski definition) is 2. The number of nitrogens with one attached hydrogen (secondary N) is 1. The van der Waals surface area contributed by atoms with Crippen LogP contribution in [0.2, 0.25) is 0 Å². The number of thiophene rings is 1. The van der Waals surface area contributed by atoms with Crippen molar-refractivity contribution < 1.29 is 9.84 Å². The summed E-state index contributed by atoms with van der Waals surface area (Å²) in [6, 6.07) is 10.0. The third-order valence-electron chi connectivity index (χ3n) is 2.85. The molecule has 0 aliphatic heterocycles. The summed E-state index contributed by atoms with van der Waals surface area (Å²) in [7, 11) is 0. The molecule has 0 saturated carbocycles. The Morgan fingerprint density at radius 3 is 2.95 bits per heavy atom. The first-order valence-corrected chi connectivity index (χ1v) is 8.11. The normalized spacial score (nSPS) is 12.3. The smallest absolute Gasteiger partial charge is 0.0945 e. The van der Waals surface area contributed by atoms with Crippen molar-refractivity contribution in [3.8, 4) is 0 Å². The predicted molar refractivity (Wildman–Crippen MR) is 87.4 cm³/mol. The summed E-state index contributed by atoms with van der Waals surface area (Å²) in [6.45, 7) is 3.39. The summed E-state index contributed by atoms with van der Waals surface area (Å²) < 4.78 is 6.52. The van der Waals surface area contributed by atoms with E-state index in [0.29, 0.717) is 19.8 Å². The van der Waals surface area contributed by atoms with Crippen LogP contribution in [0.1, 0.15) is 10.4 Å². The molecule has 20 heavy (non-hydrogen) atoms. The van der Waals surface area contributed by atoms with E-state index in [2.05, 4.69) is 21.2 Å². The summed E-state index contributed by atoms with van der Waals surface area (Å²) in [5.41, 5.74) is 2.15. The van der Waals surface area contributed by atoms with E-state index in [1.807, 2.05) is 42.6 Å². The van der Waals surface area contributed by atoms with Crippen LogP contribution in [-0.4, -0.2) is 24.4 Å². The van der Waals surface area contributed by atoms with Gasteiger partial charge in [0.1, 0.15) is 0 Å². The van der Waals surface area contributed by atoms with E-state index >= 15 is 0 Å². The quantitative estimate of drug-likeness (QED) is 0.793. The topological polar surface area (TPSA) is 41.5 Å². The van der Waals surface area contributed by atoms with Gasteiger partial charge in [-0.3, -0.25) is 0 Å². The van der Waals surface area contributed by atoms with Gasteiger partial charge in [-0.25, -0.2) is 0 Å². The van der Waals surface area contributed by atoms with Crippen molar-refractivity contribution in [2.45, 2.75) is 19.6 Å². The second-order valence-corrected chi connectivity index (χ2v) is 6.39. The lowest BCUT2D eigenvalue weighted by Crippen LogP contribution is -2.24. The zero-order valence-corrected chi connectivity index (χ0v) is 13.7. The van der Waals surface area contributed by atoms with Crippen LogP contribution >= 0.6 is 27.3 Å². The molecule has 0 radical (unpaired) electrons. The highest BCUT2D eigenvalue weighted by Gasteiger charge is 2.07. The molecule has 108 valence electrons. The largest absolute Gasteiger partial charge is 0.389 e. The summed E-state index contributed by atoms with van der Waals surface area (Å²) in [6.07, 6.45) is -0.526. The van der Waals surface area contributed by atoms with E-state index in [1.165, 1.54) is 10.4 Å². The van der Waals surface area contributed by atoms with Gasteiger partial charge in [-0.1, -0.05) is 18.2 Å². The Morgan fingerprint density at radius 1 is 1.35 bits per heavy atom. The van der Waals surface area contributed by atoms with Gasteiger partial charge in [0.25, 0.3) is 0 Å². The van der Waals surface area contributed by atoms with Crippen molar-refractivity contribution in [1.82, 2.24) is 0 Å². The van der Waals surface area contributed by atoms with E-state index in [-0.39, 0.29) is 0 Å². The average Bonchev–Trinajstić information content (AvgIpc) is 2.94. The summed E-state index contributed by atoms with van der Waals surface area (Å²) >= 11 is 5.20. The highest BCUT2D eigenvalue weighted by molar-refractivity contribution is 9.10. The molecule has 2 aromatic rings. The lowest BCUT2D eigenvalue weighted by atomic mass is 10.2. The fourth-order valence-electron chi connectivity index (χ4n) is 1.76. The number of hydrogen-bond acceptors (Lipinski definition) is 4. The Hall–Kier alpha value is -0.880. The SMILES string of the molecule is Cc1cccc(NCC(O)COCc2cccs2)c1Br. The van der Waals surface area contributed by atoms with Gasteiger partial charge in [-0.05, 0) is 45.9 Å². The molecule has 0 saturated heterocycles. The molecule has 5 heteroatoms. The van der Waals surface area contributed by atoms with E-state index in [1.54, 1.807) is 11.3 Å². The Morgan fingerprint density at radius 2 is 2.20 bits per heavy atom. The number of aliphatic hydroxyl groups excluding tert-OH is 1. The highest BCUT2D eigenvalue weighted by atomic mass is 79.9. The second kappa shape index (κ2) is 7.78. The number of ether oxygens (including phenoxy) is 1. The maximum absolute atomic E-state index is 9.90. The molecule has 2 rings (SSSR count). The molecule has 0 bridgehead atoms. The summed E-state index contributed by atoms with van der Waals surface area (Å²) in [5.74, 6) is 0. The molecule has 1 aromatic carbocycles. The van der Waals surface area contributed by atoms with Gasteiger partial charge >= 0.3 is 0 Å². The van der Waals surface area contributed by atoms with Gasteiger partial charge in [0, 0.05) is 21.6 Å². The van der Waals surface area contributed by atoms with Crippen molar-refractivity contribution in [1.29, 1.82) is 0 Å². The summed E-state index contributed by atoms with van der Waals surface area (Å²) in [4.78, 5) is 1.17. The van der Waals surface area contributed by atoms with Crippen LogP contribution in [0.25, 0.3) is 0 Å². The maximum Gasteiger partial charge on any atom is 0.0945 e. The predicted octanol–water partition coefficient (Wildman–Crippen LogP) is 3.81. The van der Waals surface area contributed by atoms with Gasteiger partial charge in [-0.15, -0.1) is 11.3 Å². The molecule has 2 N–H and O–H groups in total. The number of aryl methyl sites for hydroxylation is 1. The highest BCUT2D eigenvalue weighted by Crippen LogP contribution is 2.25. The first-order chi connectivity index (χ1) is 9.66. The van der Waals surface area contributed by atoms with Gasteiger partial charge in [0.05, 0.1) is 19.3 Å². The third kappa shape index (κ3) is 4.59. The molecule has 0 amide bonds. The maximum atomic E-state index is 9.90. The van der Waals surface area contributed by atoms with Crippen LogP contribution in [-0.2, 0) is 11.3 Å². The number of anilines is 1. The number of halogens is 1. The molecule has 0 aliphatic carbocycles. The van der Waals surface area contributed by atoms with Crippen LogP contribution in [0.15, 0.2) is 40.2 Å². The van der Waals surface area contributed by atoms with Gasteiger partial charge < -0.3 is 15.2 Å². The molecular formula is C15H18BrNO2S. The van der Waals surface area contributed by atoms with Crippen LogP contribution in [0.4, 0.5) is 5.69 Å².